The van der Waals surface area contributed by atoms with E-state index in [9.17, 15) is 0 Å². The van der Waals surface area contributed by atoms with Gasteiger partial charge in [0.25, 0.3) is 0 Å². The van der Waals surface area contributed by atoms with Gasteiger partial charge in [-0.25, -0.2) is 9.97 Å². The molecule has 1 fully saturated rings. The van der Waals surface area contributed by atoms with E-state index >= 15 is 0 Å². The number of nitrogens with zero attached hydrogens (tertiary/aromatic N) is 5. The fourth-order valence-corrected chi connectivity index (χ4v) is 3.53. The molecule has 1 aliphatic heterocycles. The van der Waals surface area contributed by atoms with E-state index in [0.717, 1.165) is 36.8 Å². The second-order valence-corrected chi connectivity index (χ2v) is 6.80. The lowest BCUT2D eigenvalue weighted by Crippen LogP contribution is -2.29. The van der Waals surface area contributed by atoms with E-state index in [1.807, 2.05) is 30.6 Å². The van der Waals surface area contributed by atoms with Crippen LogP contribution in [0, 0.1) is 5.92 Å². The Morgan fingerprint density at radius 1 is 1.08 bits per heavy atom. The molecule has 0 bridgehead atoms. The van der Waals surface area contributed by atoms with Crippen LogP contribution < -0.4 is 9.80 Å². The van der Waals surface area contributed by atoms with Gasteiger partial charge in [-0.15, -0.1) is 0 Å². The van der Waals surface area contributed by atoms with Crippen LogP contribution in [0.5, 0.6) is 0 Å². The summed E-state index contributed by atoms with van der Waals surface area (Å²) in [5, 5.41) is 0. The molecule has 0 N–H and O–H groups in total. The van der Waals surface area contributed by atoms with Gasteiger partial charge in [-0.3, -0.25) is 4.98 Å². The molecule has 0 aliphatic carbocycles. The van der Waals surface area contributed by atoms with E-state index < -0.39 is 0 Å². The van der Waals surface area contributed by atoms with Crippen molar-refractivity contribution in [3.63, 3.8) is 0 Å². The Morgan fingerprint density at radius 3 is 2.77 bits per heavy atom. The fourth-order valence-electron chi connectivity index (χ4n) is 3.53. The Balaban J connectivity index is 1.42. The van der Waals surface area contributed by atoms with Crippen molar-refractivity contribution >= 4 is 11.6 Å². The third-order valence-corrected chi connectivity index (χ3v) is 4.88. The van der Waals surface area contributed by atoms with Crippen molar-refractivity contribution in [2.75, 3.05) is 36.5 Å². The van der Waals surface area contributed by atoms with Crippen LogP contribution in [0.4, 0.5) is 11.6 Å². The van der Waals surface area contributed by atoms with Gasteiger partial charge in [-0.05, 0) is 42.7 Å². The molecule has 26 heavy (non-hydrogen) atoms. The number of hydrogen-bond acceptors (Lipinski definition) is 5. The molecule has 4 rings (SSSR count). The molecule has 0 saturated carbocycles. The Morgan fingerprint density at radius 2 is 1.96 bits per heavy atom. The van der Waals surface area contributed by atoms with Gasteiger partial charge in [-0.1, -0.05) is 18.2 Å². The summed E-state index contributed by atoms with van der Waals surface area (Å²) >= 11 is 0. The molecule has 3 heterocycles. The molecule has 0 amide bonds. The van der Waals surface area contributed by atoms with Crippen LogP contribution in [-0.4, -0.2) is 41.6 Å². The smallest absolute Gasteiger partial charge is 0.225 e. The summed E-state index contributed by atoms with van der Waals surface area (Å²) < 4.78 is 0. The van der Waals surface area contributed by atoms with Gasteiger partial charge >= 0.3 is 0 Å². The topological polar surface area (TPSA) is 45.2 Å². The summed E-state index contributed by atoms with van der Waals surface area (Å²) in [6, 6.07) is 16.5. The monoisotopic (exact) mass is 345 g/mol. The van der Waals surface area contributed by atoms with Crippen LogP contribution in [-0.2, 0) is 0 Å². The first kappa shape index (κ1) is 16.5. The molecule has 0 spiro atoms. The molecule has 1 aromatic carbocycles. The van der Waals surface area contributed by atoms with E-state index in [2.05, 4.69) is 57.1 Å². The lowest BCUT2D eigenvalue weighted by molar-refractivity contribution is 0.578. The zero-order valence-corrected chi connectivity index (χ0v) is 15.0. The predicted octanol–water partition coefficient (Wildman–Crippen LogP) is 3.50. The molecule has 5 heteroatoms. The molecule has 132 valence electrons. The normalized spacial score (nSPS) is 16.7. The summed E-state index contributed by atoms with van der Waals surface area (Å²) in [6.45, 7) is 3.15. The zero-order valence-electron chi connectivity index (χ0n) is 15.0. The van der Waals surface area contributed by atoms with Crippen LogP contribution in [0.3, 0.4) is 0 Å². The molecule has 1 aliphatic rings. The van der Waals surface area contributed by atoms with Crippen LogP contribution in [0.2, 0.25) is 0 Å². The van der Waals surface area contributed by atoms with Gasteiger partial charge in [0.15, 0.2) is 0 Å². The highest BCUT2D eigenvalue weighted by atomic mass is 15.2. The summed E-state index contributed by atoms with van der Waals surface area (Å²) in [4.78, 5) is 18.0. The van der Waals surface area contributed by atoms with Crippen molar-refractivity contribution in [1.29, 1.82) is 0 Å². The Kier molecular flexibility index (Phi) is 4.78. The minimum atomic E-state index is 0.617. The van der Waals surface area contributed by atoms with Crippen LogP contribution in [0.1, 0.15) is 6.42 Å². The lowest BCUT2D eigenvalue weighted by Gasteiger charge is -2.22. The summed E-state index contributed by atoms with van der Waals surface area (Å²) in [5.41, 5.74) is 3.24. The Hall–Kier alpha value is -2.95. The molecule has 0 radical (unpaired) electrons. The van der Waals surface area contributed by atoms with Gasteiger partial charge in [0.05, 0.1) is 5.69 Å². The van der Waals surface area contributed by atoms with Crippen molar-refractivity contribution in [3.05, 3.63) is 67.1 Å². The first-order valence-electron chi connectivity index (χ1n) is 9.04. The highest BCUT2D eigenvalue weighted by Gasteiger charge is 2.24. The third-order valence-electron chi connectivity index (χ3n) is 4.88. The molecule has 0 unspecified atom stereocenters. The average Bonchev–Trinajstić information content (AvgIpc) is 3.18. The molecular formula is C21H23N5. The number of hydrogen-bond donors (Lipinski definition) is 0. The number of aromatic nitrogens is 3. The number of benzene rings is 1. The van der Waals surface area contributed by atoms with Crippen molar-refractivity contribution in [3.8, 4) is 11.3 Å². The second-order valence-electron chi connectivity index (χ2n) is 6.80. The quantitative estimate of drug-likeness (QED) is 0.708. The average molecular weight is 345 g/mol. The number of anilines is 2. The summed E-state index contributed by atoms with van der Waals surface area (Å²) in [6.07, 6.45) is 6.63. The molecule has 5 nitrogen and oxygen atoms in total. The predicted molar refractivity (Wildman–Crippen MR) is 105 cm³/mol. The number of rotatable bonds is 5. The van der Waals surface area contributed by atoms with Crippen LogP contribution >= 0.6 is 0 Å². The maximum absolute atomic E-state index is 4.72. The SMILES string of the molecule is CN(C[C@@H]1CCN(c2ccccc2)C1)c1nccc(-c2cccnc2)n1. The van der Waals surface area contributed by atoms with Gasteiger partial charge in [0.2, 0.25) is 5.95 Å². The largest absolute Gasteiger partial charge is 0.371 e. The number of para-hydroxylation sites is 1. The lowest BCUT2D eigenvalue weighted by atomic mass is 10.1. The molecule has 1 atom stereocenters. The minimum Gasteiger partial charge on any atom is -0.371 e. The van der Waals surface area contributed by atoms with Gasteiger partial charge in [0.1, 0.15) is 0 Å². The highest BCUT2D eigenvalue weighted by Crippen LogP contribution is 2.25. The third kappa shape index (κ3) is 3.67. The minimum absolute atomic E-state index is 0.617. The van der Waals surface area contributed by atoms with E-state index in [1.165, 1.54) is 12.1 Å². The molecule has 1 saturated heterocycles. The van der Waals surface area contributed by atoms with Crippen molar-refractivity contribution in [2.45, 2.75) is 6.42 Å². The first-order valence-corrected chi connectivity index (χ1v) is 9.04. The van der Waals surface area contributed by atoms with Crippen molar-refractivity contribution in [2.24, 2.45) is 5.92 Å². The second kappa shape index (κ2) is 7.52. The molecule has 2 aromatic heterocycles. The van der Waals surface area contributed by atoms with Crippen LogP contribution in [0.25, 0.3) is 11.3 Å². The van der Waals surface area contributed by atoms with E-state index in [0.29, 0.717) is 5.92 Å². The maximum atomic E-state index is 4.72. The first-order chi connectivity index (χ1) is 12.8. The van der Waals surface area contributed by atoms with E-state index in [1.54, 1.807) is 6.20 Å². The summed E-state index contributed by atoms with van der Waals surface area (Å²) in [7, 11) is 2.08. The maximum Gasteiger partial charge on any atom is 0.225 e. The van der Waals surface area contributed by atoms with Gasteiger partial charge in [0, 0.05) is 56.5 Å². The van der Waals surface area contributed by atoms with Gasteiger partial charge < -0.3 is 9.80 Å². The van der Waals surface area contributed by atoms with Crippen molar-refractivity contribution in [1.82, 2.24) is 15.0 Å². The zero-order chi connectivity index (χ0) is 17.8. The molecule has 3 aromatic rings. The van der Waals surface area contributed by atoms with Crippen molar-refractivity contribution < 1.29 is 0 Å². The fraction of sp³-hybridized carbons (Fsp3) is 0.286. The molecular weight excluding hydrogens is 322 g/mol. The standard InChI is InChI=1S/C21H23N5/c1-25(15-17-10-13-26(16-17)19-7-3-2-4-8-19)21-23-12-9-20(24-21)18-6-5-11-22-14-18/h2-9,11-12,14,17H,10,13,15-16H2,1H3/t17-/m0/s1. The van der Waals surface area contributed by atoms with E-state index in [-0.39, 0.29) is 0 Å². The van der Waals surface area contributed by atoms with E-state index in [4.69, 9.17) is 4.98 Å². The highest BCUT2D eigenvalue weighted by molar-refractivity contribution is 5.58. The van der Waals surface area contributed by atoms with Crippen LogP contribution in [0.15, 0.2) is 67.1 Å². The summed E-state index contributed by atoms with van der Waals surface area (Å²) in [5.74, 6) is 1.38. The van der Waals surface area contributed by atoms with Gasteiger partial charge in [-0.2, -0.15) is 0 Å². The Labute approximate surface area is 154 Å². The Bertz CT molecular complexity index is 837. The number of pyridine rings is 1.